The highest BCUT2D eigenvalue weighted by molar-refractivity contribution is 6.05. The zero-order chi connectivity index (χ0) is 16.4. The van der Waals surface area contributed by atoms with Crippen molar-refractivity contribution in [3.63, 3.8) is 0 Å². The highest BCUT2D eigenvalue weighted by Crippen LogP contribution is 2.44. The van der Waals surface area contributed by atoms with Crippen LogP contribution >= 0.6 is 0 Å². The predicted molar refractivity (Wildman–Crippen MR) is 91.3 cm³/mol. The van der Waals surface area contributed by atoms with Gasteiger partial charge in [-0.2, -0.15) is 0 Å². The summed E-state index contributed by atoms with van der Waals surface area (Å²) in [6.45, 7) is 3.88. The minimum atomic E-state index is -0.775. The Labute approximate surface area is 136 Å². The fourth-order valence-corrected chi connectivity index (χ4v) is 3.48. The maximum atomic E-state index is 13.1. The van der Waals surface area contributed by atoms with E-state index in [-0.39, 0.29) is 17.6 Å². The van der Waals surface area contributed by atoms with Crippen molar-refractivity contribution in [3.8, 4) is 0 Å². The number of ketones is 1. The van der Waals surface area contributed by atoms with E-state index < -0.39 is 5.41 Å². The molecule has 23 heavy (non-hydrogen) atoms. The van der Waals surface area contributed by atoms with Crippen LogP contribution in [-0.2, 0) is 15.0 Å². The van der Waals surface area contributed by atoms with Crippen molar-refractivity contribution in [2.75, 3.05) is 5.32 Å². The molecule has 0 spiro atoms. The van der Waals surface area contributed by atoms with Gasteiger partial charge in [0.15, 0.2) is 0 Å². The number of hydrogen-bond acceptors (Lipinski definition) is 2. The van der Waals surface area contributed by atoms with E-state index in [1.165, 1.54) is 0 Å². The van der Waals surface area contributed by atoms with Crippen molar-refractivity contribution >= 4 is 17.4 Å². The molecule has 3 nitrogen and oxygen atoms in total. The lowest BCUT2D eigenvalue weighted by Gasteiger charge is -2.32. The summed E-state index contributed by atoms with van der Waals surface area (Å²) in [7, 11) is 0. The number of rotatable bonds is 3. The second kappa shape index (κ2) is 5.99. The number of nitrogens with one attached hydrogen (secondary N) is 1. The first-order valence-electron chi connectivity index (χ1n) is 8.00. The third-order valence-corrected chi connectivity index (χ3v) is 4.99. The fourth-order valence-electron chi connectivity index (χ4n) is 3.48. The van der Waals surface area contributed by atoms with Gasteiger partial charge >= 0.3 is 0 Å². The van der Waals surface area contributed by atoms with Crippen LogP contribution in [-0.4, -0.2) is 11.7 Å². The van der Waals surface area contributed by atoms with Crippen LogP contribution < -0.4 is 5.32 Å². The number of carbonyl (C=O) groups excluding carboxylic acids is 2. The number of Topliss-reactive ketones (excluding diaryl/α,β-unsaturated/α-hetero) is 1. The standard InChI is InChI=1S/C20H21NO2/c1-14-8-10-17(11-9-14)21-19(23)20(13-12-18(22)15(20)2)16-6-4-3-5-7-16/h3-11,15H,12-13H2,1-2H3,(H,21,23)/t15-,20-/m0/s1. The molecule has 2 aromatic rings. The second-order valence-electron chi connectivity index (χ2n) is 6.35. The predicted octanol–water partition coefficient (Wildman–Crippen LogP) is 3.87. The Bertz CT molecular complexity index is 721. The molecule has 0 saturated heterocycles. The summed E-state index contributed by atoms with van der Waals surface area (Å²) in [4.78, 5) is 25.3. The summed E-state index contributed by atoms with van der Waals surface area (Å²) < 4.78 is 0. The molecular formula is C20H21NO2. The lowest BCUT2D eigenvalue weighted by Crippen LogP contribution is -2.43. The lowest BCUT2D eigenvalue weighted by atomic mass is 9.72. The Hall–Kier alpha value is -2.42. The van der Waals surface area contributed by atoms with Crippen LogP contribution in [0.3, 0.4) is 0 Å². The Kier molecular flexibility index (Phi) is 4.03. The van der Waals surface area contributed by atoms with Crippen molar-refractivity contribution in [3.05, 3.63) is 65.7 Å². The van der Waals surface area contributed by atoms with Crippen LogP contribution in [0.2, 0.25) is 0 Å². The van der Waals surface area contributed by atoms with Crippen LogP contribution in [0.4, 0.5) is 5.69 Å². The minimum Gasteiger partial charge on any atom is -0.325 e. The molecule has 3 rings (SSSR count). The van der Waals surface area contributed by atoms with Gasteiger partial charge in [-0.15, -0.1) is 0 Å². The summed E-state index contributed by atoms with van der Waals surface area (Å²) in [5.41, 5.74) is 2.05. The van der Waals surface area contributed by atoms with E-state index in [9.17, 15) is 9.59 Å². The van der Waals surface area contributed by atoms with E-state index in [1.54, 1.807) is 0 Å². The molecule has 0 unspecified atom stereocenters. The van der Waals surface area contributed by atoms with Crippen molar-refractivity contribution in [2.24, 2.45) is 5.92 Å². The van der Waals surface area contributed by atoms with Crippen LogP contribution in [0.25, 0.3) is 0 Å². The molecule has 3 heteroatoms. The SMILES string of the molecule is Cc1ccc(NC(=O)[C@@]2(c3ccccc3)CCC(=O)[C@@H]2C)cc1. The third-order valence-electron chi connectivity index (χ3n) is 4.99. The van der Waals surface area contributed by atoms with Crippen molar-refractivity contribution in [1.82, 2.24) is 0 Å². The van der Waals surface area contributed by atoms with Gasteiger partial charge < -0.3 is 5.32 Å². The summed E-state index contributed by atoms with van der Waals surface area (Å²) in [6.07, 6.45) is 1.02. The maximum Gasteiger partial charge on any atom is 0.235 e. The monoisotopic (exact) mass is 307 g/mol. The number of benzene rings is 2. The van der Waals surface area contributed by atoms with Crippen molar-refractivity contribution in [2.45, 2.75) is 32.1 Å². The first-order chi connectivity index (χ1) is 11.0. The highest BCUT2D eigenvalue weighted by atomic mass is 16.2. The number of hydrogen-bond donors (Lipinski definition) is 1. The Balaban J connectivity index is 1.97. The summed E-state index contributed by atoms with van der Waals surface area (Å²) in [5, 5.41) is 3.01. The van der Waals surface area contributed by atoms with Crippen molar-refractivity contribution in [1.29, 1.82) is 0 Å². The van der Waals surface area contributed by atoms with Gasteiger partial charge in [0.05, 0.1) is 5.41 Å². The van der Waals surface area contributed by atoms with Crippen LogP contribution in [0, 0.1) is 12.8 Å². The molecule has 1 N–H and O–H groups in total. The summed E-state index contributed by atoms with van der Waals surface area (Å²) in [6, 6.07) is 17.4. The molecule has 0 radical (unpaired) electrons. The minimum absolute atomic E-state index is 0.0918. The summed E-state index contributed by atoms with van der Waals surface area (Å²) in [5.74, 6) is -0.242. The van der Waals surface area contributed by atoms with Gasteiger partial charge in [0, 0.05) is 18.0 Å². The molecule has 2 atom stereocenters. The van der Waals surface area contributed by atoms with Crippen molar-refractivity contribution < 1.29 is 9.59 Å². The Morgan fingerprint density at radius 3 is 2.30 bits per heavy atom. The molecular weight excluding hydrogens is 286 g/mol. The second-order valence-corrected chi connectivity index (χ2v) is 6.35. The van der Waals surface area contributed by atoms with Crippen LogP contribution in [0.1, 0.15) is 30.9 Å². The van der Waals surface area contributed by atoms with Gasteiger partial charge in [-0.1, -0.05) is 55.0 Å². The lowest BCUT2D eigenvalue weighted by molar-refractivity contribution is -0.127. The Morgan fingerprint density at radius 2 is 1.74 bits per heavy atom. The molecule has 118 valence electrons. The van der Waals surface area contributed by atoms with E-state index in [0.717, 1.165) is 16.8 Å². The number of aryl methyl sites for hydroxylation is 1. The quantitative estimate of drug-likeness (QED) is 0.935. The largest absolute Gasteiger partial charge is 0.325 e. The average molecular weight is 307 g/mol. The number of amides is 1. The van der Waals surface area contributed by atoms with E-state index in [0.29, 0.717) is 12.8 Å². The van der Waals surface area contributed by atoms with E-state index in [2.05, 4.69) is 5.32 Å². The van der Waals surface area contributed by atoms with Gasteiger partial charge in [-0.3, -0.25) is 9.59 Å². The van der Waals surface area contributed by atoms with Gasteiger partial charge in [0.25, 0.3) is 0 Å². The normalized spacial score (nSPS) is 23.7. The molecule has 1 fully saturated rings. The van der Waals surface area contributed by atoms with Crippen LogP contribution in [0.15, 0.2) is 54.6 Å². The molecule has 0 aromatic heterocycles. The zero-order valence-corrected chi connectivity index (χ0v) is 13.5. The average Bonchev–Trinajstić information content (AvgIpc) is 2.87. The highest BCUT2D eigenvalue weighted by Gasteiger charge is 2.52. The fraction of sp³-hybridized carbons (Fsp3) is 0.300. The molecule has 1 amide bonds. The van der Waals surface area contributed by atoms with Gasteiger partial charge in [-0.25, -0.2) is 0 Å². The molecule has 0 bridgehead atoms. The molecule has 1 aliphatic carbocycles. The van der Waals surface area contributed by atoms with E-state index >= 15 is 0 Å². The Morgan fingerprint density at radius 1 is 1.09 bits per heavy atom. The van der Waals surface area contributed by atoms with E-state index in [4.69, 9.17) is 0 Å². The first-order valence-corrected chi connectivity index (χ1v) is 8.00. The maximum absolute atomic E-state index is 13.1. The zero-order valence-electron chi connectivity index (χ0n) is 13.5. The third kappa shape index (κ3) is 2.67. The van der Waals surface area contributed by atoms with Crippen LogP contribution in [0.5, 0.6) is 0 Å². The molecule has 0 aliphatic heterocycles. The number of anilines is 1. The first kappa shape index (κ1) is 15.5. The molecule has 2 aromatic carbocycles. The van der Waals surface area contributed by atoms with Gasteiger partial charge in [0.1, 0.15) is 5.78 Å². The van der Waals surface area contributed by atoms with Gasteiger partial charge in [-0.05, 0) is 31.0 Å². The smallest absolute Gasteiger partial charge is 0.235 e. The molecule has 1 saturated carbocycles. The summed E-state index contributed by atoms with van der Waals surface area (Å²) >= 11 is 0. The van der Waals surface area contributed by atoms with E-state index in [1.807, 2.05) is 68.4 Å². The van der Waals surface area contributed by atoms with Gasteiger partial charge in [0.2, 0.25) is 5.91 Å². The topological polar surface area (TPSA) is 46.2 Å². The molecule has 1 aliphatic rings. The number of carbonyl (C=O) groups is 2. The molecule has 0 heterocycles.